The number of rotatable bonds is 6. The zero-order valence-electron chi connectivity index (χ0n) is 20.7. The molecule has 0 atom stereocenters. The maximum atomic E-state index is 13.7. The number of para-hydroxylation sites is 3. The summed E-state index contributed by atoms with van der Waals surface area (Å²) in [5.41, 5.74) is 4.16. The fraction of sp³-hybridized carbons (Fsp3) is 0.214. The maximum Gasteiger partial charge on any atom is 0.267 e. The third-order valence-electron chi connectivity index (χ3n) is 6.20. The molecule has 1 amide bonds. The Morgan fingerprint density at radius 1 is 0.917 bits per heavy atom. The highest BCUT2D eigenvalue weighted by Gasteiger charge is 2.23. The molecular weight excluding hydrogens is 470 g/mol. The first-order chi connectivity index (χ1) is 17.4. The monoisotopic (exact) mass is 497 g/mol. The van der Waals surface area contributed by atoms with Crippen molar-refractivity contribution in [2.24, 2.45) is 0 Å². The summed E-state index contributed by atoms with van der Waals surface area (Å²) < 4.78 is 3.51. The number of benzene rings is 3. The maximum absolute atomic E-state index is 13.7. The summed E-state index contributed by atoms with van der Waals surface area (Å²) in [4.78, 5) is 28.8. The van der Waals surface area contributed by atoms with Gasteiger partial charge in [0.1, 0.15) is 0 Å². The van der Waals surface area contributed by atoms with Gasteiger partial charge in [0.2, 0.25) is 11.7 Å². The molecule has 182 valence electrons. The summed E-state index contributed by atoms with van der Waals surface area (Å²) in [5.74, 6) is 0.588. The molecule has 36 heavy (non-hydrogen) atoms. The van der Waals surface area contributed by atoms with Gasteiger partial charge >= 0.3 is 0 Å². The van der Waals surface area contributed by atoms with Crippen molar-refractivity contribution in [1.82, 2.24) is 19.2 Å². The lowest BCUT2D eigenvalue weighted by molar-refractivity contribution is -0.116. The van der Waals surface area contributed by atoms with E-state index in [9.17, 15) is 9.59 Å². The van der Waals surface area contributed by atoms with Gasteiger partial charge in [-0.2, -0.15) is 0 Å². The van der Waals surface area contributed by atoms with Crippen molar-refractivity contribution in [3.63, 3.8) is 0 Å². The summed E-state index contributed by atoms with van der Waals surface area (Å²) in [5, 5.41) is 9.99. The molecule has 5 rings (SSSR count). The van der Waals surface area contributed by atoms with E-state index >= 15 is 0 Å². The largest absolute Gasteiger partial charge is 0.309 e. The lowest BCUT2D eigenvalue weighted by Crippen LogP contribution is -2.38. The molecule has 0 fully saturated rings. The zero-order valence-corrected chi connectivity index (χ0v) is 21.5. The number of anilines is 1. The molecule has 8 heteroatoms. The molecule has 0 aliphatic carbocycles. The van der Waals surface area contributed by atoms with Crippen molar-refractivity contribution in [2.45, 2.75) is 38.9 Å². The third kappa shape index (κ3) is 4.07. The summed E-state index contributed by atoms with van der Waals surface area (Å²) in [6.07, 6.45) is 0. The van der Waals surface area contributed by atoms with Gasteiger partial charge in [-0.1, -0.05) is 60.3 Å². The van der Waals surface area contributed by atoms with E-state index in [-0.39, 0.29) is 23.3 Å². The summed E-state index contributed by atoms with van der Waals surface area (Å²) in [7, 11) is 0. The molecule has 0 unspecified atom stereocenters. The Kier molecular flexibility index (Phi) is 6.36. The van der Waals surface area contributed by atoms with Gasteiger partial charge < -0.3 is 4.90 Å². The fourth-order valence-electron chi connectivity index (χ4n) is 4.65. The quantitative estimate of drug-likeness (QED) is 0.302. The first kappa shape index (κ1) is 23.8. The van der Waals surface area contributed by atoms with Crippen LogP contribution < -0.4 is 10.5 Å². The van der Waals surface area contributed by atoms with Crippen LogP contribution in [0.25, 0.3) is 22.4 Å². The smallest absolute Gasteiger partial charge is 0.267 e. The topological polar surface area (TPSA) is 72.5 Å². The molecule has 2 aromatic heterocycles. The Hall–Kier alpha value is -3.91. The molecule has 0 aliphatic heterocycles. The van der Waals surface area contributed by atoms with Crippen LogP contribution in [0, 0.1) is 13.8 Å². The molecule has 7 nitrogen and oxygen atoms in total. The van der Waals surface area contributed by atoms with Gasteiger partial charge in [0.25, 0.3) is 5.56 Å². The van der Waals surface area contributed by atoms with Gasteiger partial charge in [-0.05, 0) is 63.1 Å². The first-order valence-corrected chi connectivity index (χ1v) is 12.8. The summed E-state index contributed by atoms with van der Waals surface area (Å²) >= 11 is 1.32. The number of aromatic nitrogens is 4. The predicted molar refractivity (Wildman–Crippen MR) is 145 cm³/mol. The van der Waals surface area contributed by atoms with Crippen LogP contribution >= 0.6 is 11.8 Å². The Labute approximate surface area is 213 Å². The van der Waals surface area contributed by atoms with Crippen molar-refractivity contribution in [2.75, 3.05) is 10.7 Å². The van der Waals surface area contributed by atoms with Crippen molar-refractivity contribution >= 4 is 40.0 Å². The van der Waals surface area contributed by atoms with E-state index in [1.807, 2.05) is 105 Å². The number of carbonyl (C=O) groups excluding carboxylic acids is 1. The zero-order chi connectivity index (χ0) is 25.4. The molecular formula is C28H27N5O2S. The number of aryl methyl sites for hydroxylation is 2. The second-order valence-electron chi connectivity index (χ2n) is 9.00. The first-order valence-electron chi connectivity index (χ1n) is 11.8. The molecule has 0 saturated carbocycles. The number of hydrogen-bond acceptors (Lipinski definition) is 5. The SMILES string of the molecule is Cc1cccc(C)c1-n1c(=O)c2ccccc2n2c(SCC(=O)N(c3ccccc3)C(C)C)nnc12. The van der Waals surface area contributed by atoms with E-state index in [1.54, 1.807) is 9.47 Å². The number of amides is 1. The van der Waals surface area contributed by atoms with E-state index in [1.165, 1.54) is 11.8 Å². The highest BCUT2D eigenvalue weighted by atomic mass is 32.2. The van der Waals surface area contributed by atoms with Crippen LogP contribution in [-0.4, -0.2) is 36.9 Å². The van der Waals surface area contributed by atoms with Gasteiger partial charge in [0.15, 0.2) is 5.16 Å². The van der Waals surface area contributed by atoms with Crippen LogP contribution in [0.4, 0.5) is 5.69 Å². The van der Waals surface area contributed by atoms with Crippen LogP contribution in [0.2, 0.25) is 0 Å². The van der Waals surface area contributed by atoms with Gasteiger partial charge in [0, 0.05) is 11.7 Å². The van der Waals surface area contributed by atoms with Crippen molar-refractivity contribution < 1.29 is 4.79 Å². The van der Waals surface area contributed by atoms with Crippen LogP contribution in [0.3, 0.4) is 0 Å². The van der Waals surface area contributed by atoms with Crippen molar-refractivity contribution in [3.05, 3.63) is 94.3 Å². The van der Waals surface area contributed by atoms with Gasteiger partial charge in [-0.15, -0.1) is 10.2 Å². The van der Waals surface area contributed by atoms with Gasteiger partial charge in [0.05, 0.1) is 22.3 Å². The van der Waals surface area contributed by atoms with E-state index in [4.69, 9.17) is 0 Å². The van der Waals surface area contributed by atoms with Gasteiger partial charge in [-0.3, -0.25) is 14.0 Å². The number of hydrogen-bond donors (Lipinski definition) is 0. The average molecular weight is 498 g/mol. The second kappa shape index (κ2) is 9.62. The standard InChI is InChI=1S/C28H27N5O2S/c1-18(2)31(21-13-6-5-7-14-21)24(34)17-36-28-30-29-27-32(28)23-16-9-8-15-22(23)26(35)33(27)25-19(3)11-10-12-20(25)4/h5-16,18H,17H2,1-4H3. The Morgan fingerprint density at radius 2 is 1.58 bits per heavy atom. The van der Waals surface area contributed by atoms with Gasteiger partial charge in [-0.25, -0.2) is 4.57 Å². The second-order valence-corrected chi connectivity index (χ2v) is 9.94. The van der Waals surface area contributed by atoms with E-state index in [2.05, 4.69) is 10.2 Å². The lowest BCUT2D eigenvalue weighted by Gasteiger charge is -2.26. The predicted octanol–water partition coefficient (Wildman–Crippen LogP) is 5.18. The fourth-order valence-corrected chi connectivity index (χ4v) is 5.45. The van der Waals surface area contributed by atoms with Crippen LogP contribution in [0.1, 0.15) is 25.0 Å². The van der Waals surface area contributed by atoms with Crippen molar-refractivity contribution in [1.29, 1.82) is 0 Å². The highest BCUT2D eigenvalue weighted by molar-refractivity contribution is 7.99. The minimum atomic E-state index is -0.148. The van der Waals surface area contributed by atoms with Crippen LogP contribution in [0.5, 0.6) is 0 Å². The Morgan fingerprint density at radius 3 is 2.28 bits per heavy atom. The number of nitrogens with zero attached hydrogens (tertiary/aromatic N) is 5. The molecule has 0 spiro atoms. The molecule has 3 aromatic carbocycles. The number of thioether (sulfide) groups is 1. The van der Waals surface area contributed by atoms with Crippen LogP contribution in [-0.2, 0) is 4.79 Å². The molecule has 0 bridgehead atoms. The number of carbonyl (C=O) groups is 1. The van der Waals surface area contributed by atoms with E-state index in [0.717, 1.165) is 22.5 Å². The average Bonchev–Trinajstić information content (AvgIpc) is 3.29. The van der Waals surface area contributed by atoms with E-state index < -0.39 is 0 Å². The minimum Gasteiger partial charge on any atom is -0.309 e. The highest BCUT2D eigenvalue weighted by Crippen LogP contribution is 2.27. The third-order valence-corrected chi connectivity index (χ3v) is 7.12. The summed E-state index contributed by atoms with van der Waals surface area (Å²) in [6.45, 7) is 7.96. The lowest BCUT2D eigenvalue weighted by atomic mass is 10.1. The molecule has 2 heterocycles. The molecule has 0 saturated heterocycles. The molecule has 0 N–H and O–H groups in total. The van der Waals surface area contributed by atoms with E-state index in [0.29, 0.717) is 21.8 Å². The Balaban J connectivity index is 1.62. The molecule has 5 aromatic rings. The molecule has 0 radical (unpaired) electrons. The van der Waals surface area contributed by atoms with Crippen LogP contribution in [0.15, 0.2) is 82.7 Å². The van der Waals surface area contributed by atoms with Crippen molar-refractivity contribution in [3.8, 4) is 5.69 Å². The normalized spacial score (nSPS) is 11.5. The molecule has 0 aliphatic rings. The number of fused-ring (bicyclic) bond motifs is 3. The summed E-state index contributed by atoms with van der Waals surface area (Å²) in [6, 6.07) is 23.0. The minimum absolute atomic E-state index is 0.00526. The Bertz CT molecular complexity index is 1620.